The molecule has 1 heterocycles. The molecule has 0 bridgehead atoms. The maximum Gasteiger partial charge on any atom is 0.115 e. The van der Waals surface area contributed by atoms with Crippen molar-refractivity contribution in [2.45, 2.75) is 32.6 Å². The van der Waals surface area contributed by atoms with Crippen LogP contribution in [0.5, 0.6) is 0 Å². The van der Waals surface area contributed by atoms with Gasteiger partial charge in [-0.2, -0.15) is 5.26 Å². The van der Waals surface area contributed by atoms with E-state index in [0.717, 1.165) is 23.3 Å². The van der Waals surface area contributed by atoms with Gasteiger partial charge in [0.15, 0.2) is 0 Å². The minimum absolute atomic E-state index is 0.0561. The lowest BCUT2D eigenvalue weighted by atomic mass is 9.89. The number of hydrogen-bond acceptors (Lipinski definition) is 2. The van der Waals surface area contributed by atoms with Crippen LogP contribution >= 0.6 is 0 Å². The molecular formula is C14H17N3. The summed E-state index contributed by atoms with van der Waals surface area (Å²) >= 11 is 0. The third-order valence-corrected chi connectivity index (χ3v) is 3.50. The maximum absolute atomic E-state index is 8.92. The molecule has 3 heteroatoms. The van der Waals surface area contributed by atoms with Crippen molar-refractivity contribution in [2.24, 2.45) is 7.05 Å². The molecular weight excluding hydrogens is 210 g/mol. The average molecular weight is 227 g/mol. The molecule has 1 aromatic carbocycles. The fourth-order valence-electron chi connectivity index (χ4n) is 2.02. The Labute approximate surface area is 102 Å². The molecule has 0 saturated carbocycles. The minimum Gasteiger partial charge on any atom is -0.331 e. The van der Waals surface area contributed by atoms with Gasteiger partial charge in [-0.05, 0) is 24.6 Å². The van der Waals surface area contributed by atoms with E-state index in [4.69, 9.17) is 5.26 Å². The molecule has 0 fully saturated rings. The van der Waals surface area contributed by atoms with Crippen LogP contribution in [-0.4, -0.2) is 9.55 Å². The van der Waals surface area contributed by atoms with Gasteiger partial charge in [0, 0.05) is 12.5 Å². The highest BCUT2D eigenvalue weighted by Crippen LogP contribution is 2.28. The van der Waals surface area contributed by atoms with Crippen molar-refractivity contribution in [3.63, 3.8) is 0 Å². The Morgan fingerprint density at radius 3 is 2.71 bits per heavy atom. The van der Waals surface area contributed by atoms with Crippen molar-refractivity contribution >= 4 is 11.0 Å². The SMILES string of the molecule is CCC(C)(C)c1nc2ccc(C#N)cc2n1C. The lowest BCUT2D eigenvalue weighted by Crippen LogP contribution is -2.20. The Morgan fingerprint density at radius 1 is 1.41 bits per heavy atom. The topological polar surface area (TPSA) is 41.6 Å². The van der Waals surface area contributed by atoms with Gasteiger partial charge < -0.3 is 4.57 Å². The summed E-state index contributed by atoms with van der Waals surface area (Å²) in [4.78, 5) is 4.68. The van der Waals surface area contributed by atoms with E-state index in [1.165, 1.54) is 0 Å². The summed E-state index contributed by atoms with van der Waals surface area (Å²) in [6, 6.07) is 7.80. The number of aryl methyl sites for hydroxylation is 1. The number of nitriles is 1. The molecule has 88 valence electrons. The van der Waals surface area contributed by atoms with Gasteiger partial charge in [0.2, 0.25) is 0 Å². The van der Waals surface area contributed by atoms with Crippen LogP contribution in [0.3, 0.4) is 0 Å². The molecule has 0 amide bonds. The number of nitrogens with zero attached hydrogens (tertiary/aromatic N) is 3. The maximum atomic E-state index is 8.92. The average Bonchev–Trinajstić information content (AvgIpc) is 2.67. The Kier molecular flexibility index (Phi) is 2.66. The first-order chi connectivity index (χ1) is 7.99. The first-order valence-electron chi connectivity index (χ1n) is 5.86. The fraction of sp³-hybridized carbons (Fsp3) is 0.429. The van der Waals surface area contributed by atoms with Gasteiger partial charge in [-0.25, -0.2) is 4.98 Å². The fourth-order valence-corrected chi connectivity index (χ4v) is 2.02. The number of imidazole rings is 1. The normalized spacial score (nSPS) is 11.7. The zero-order valence-electron chi connectivity index (χ0n) is 10.8. The van der Waals surface area contributed by atoms with E-state index in [2.05, 4.69) is 36.4 Å². The molecule has 0 aliphatic rings. The highest BCUT2D eigenvalue weighted by Gasteiger charge is 2.24. The van der Waals surface area contributed by atoms with E-state index in [9.17, 15) is 0 Å². The Hall–Kier alpha value is -1.82. The Balaban J connectivity index is 2.70. The van der Waals surface area contributed by atoms with Gasteiger partial charge >= 0.3 is 0 Å². The summed E-state index contributed by atoms with van der Waals surface area (Å²) in [5.74, 6) is 1.07. The third kappa shape index (κ3) is 1.80. The van der Waals surface area contributed by atoms with Crippen molar-refractivity contribution in [3.8, 4) is 6.07 Å². The molecule has 0 aliphatic heterocycles. The van der Waals surface area contributed by atoms with Crippen molar-refractivity contribution in [1.82, 2.24) is 9.55 Å². The van der Waals surface area contributed by atoms with Crippen LogP contribution in [-0.2, 0) is 12.5 Å². The van der Waals surface area contributed by atoms with Gasteiger partial charge in [-0.1, -0.05) is 20.8 Å². The molecule has 0 N–H and O–H groups in total. The van der Waals surface area contributed by atoms with E-state index in [0.29, 0.717) is 5.56 Å². The van der Waals surface area contributed by atoms with E-state index < -0.39 is 0 Å². The lowest BCUT2D eigenvalue weighted by molar-refractivity contribution is 0.460. The number of hydrogen-bond donors (Lipinski definition) is 0. The van der Waals surface area contributed by atoms with Crippen molar-refractivity contribution in [1.29, 1.82) is 5.26 Å². The molecule has 2 rings (SSSR count). The molecule has 0 unspecified atom stereocenters. The number of fused-ring (bicyclic) bond motifs is 1. The lowest BCUT2D eigenvalue weighted by Gasteiger charge is -2.21. The first-order valence-corrected chi connectivity index (χ1v) is 5.86. The summed E-state index contributed by atoms with van der Waals surface area (Å²) in [5.41, 5.74) is 2.73. The second-order valence-electron chi connectivity index (χ2n) is 5.05. The number of benzene rings is 1. The second kappa shape index (κ2) is 3.89. The van der Waals surface area contributed by atoms with E-state index in [-0.39, 0.29) is 5.41 Å². The van der Waals surface area contributed by atoms with E-state index >= 15 is 0 Å². The van der Waals surface area contributed by atoms with Crippen LogP contribution in [0.1, 0.15) is 38.6 Å². The molecule has 17 heavy (non-hydrogen) atoms. The van der Waals surface area contributed by atoms with Gasteiger partial charge in [0.1, 0.15) is 5.82 Å². The summed E-state index contributed by atoms with van der Waals surface area (Å²) in [6.45, 7) is 6.55. The highest BCUT2D eigenvalue weighted by molar-refractivity contribution is 5.77. The van der Waals surface area contributed by atoms with Gasteiger partial charge in [0.25, 0.3) is 0 Å². The minimum atomic E-state index is 0.0561. The van der Waals surface area contributed by atoms with Crippen molar-refractivity contribution in [2.75, 3.05) is 0 Å². The van der Waals surface area contributed by atoms with E-state index in [1.807, 2.05) is 25.2 Å². The largest absolute Gasteiger partial charge is 0.331 e. The van der Waals surface area contributed by atoms with Crippen molar-refractivity contribution < 1.29 is 0 Å². The van der Waals surface area contributed by atoms with Crippen LogP contribution < -0.4 is 0 Å². The molecule has 1 aromatic heterocycles. The number of rotatable bonds is 2. The molecule has 3 nitrogen and oxygen atoms in total. The predicted molar refractivity (Wildman–Crippen MR) is 68.7 cm³/mol. The van der Waals surface area contributed by atoms with Crippen LogP contribution in [0.25, 0.3) is 11.0 Å². The zero-order chi connectivity index (χ0) is 12.6. The van der Waals surface area contributed by atoms with Crippen LogP contribution in [0.4, 0.5) is 0 Å². The van der Waals surface area contributed by atoms with Gasteiger partial charge in [-0.3, -0.25) is 0 Å². The Morgan fingerprint density at radius 2 is 2.12 bits per heavy atom. The standard InChI is InChI=1S/C14H17N3/c1-5-14(2,3)13-16-11-7-6-10(9-15)8-12(11)17(13)4/h6-8H,5H2,1-4H3. The van der Waals surface area contributed by atoms with Crippen LogP contribution in [0, 0.1) is 11.3 Å². The second-order valence-corrected chi connectivity index (χ2v) is 5.05. The summed E-state index contributed by atoms with van der Waals surface area (Å²) in [5, 5.41) is 8.92. The number of aromatic nitrogens is 2. The van der Waals surface area contributed by atoms with Gasteiger partial charge in [0.05, 0.1) is 22.7 Å². The molecule has 2 aromatic rings. The molecule has 0 atom stereocenters. The smallest absolute Gasteiger partial charge is 0.115 e. The molecule has 0 saturated heterocycles. The summed E-state index contributed by atoms with van der Waals surface area (Å²) in [7, 11) is 2.02. The van der Waals surface area contributed by atoms with E-state index in [1.54, 1.807) is 0 Å². The summed E-state index contributed by atoms with van der Waals surface area (Å²) in [6.07, 6.45) is 1.04. The molecule has 0 spiro atoms. The third-order valence-electron chi connectivity index (χ3n) is 3.50. The van der Waals surface area contributed by atoms with Crippen molar-refractivity contribution in [3.05, 3.63) is 29.6 Å². The monoisotopic (exact) mass is 227 g/mol. The van der Waals surface area contributed by atoms with Crippen LogP contribution in [0.15, 0.2) is 18.2 Å². The zero-order valence-corrected chi connectivity index (χ0v) is 10.8. The quantitative estimate of drug-likeness (QED) is 0.791. The summed E-state index contributed by atoms with van der Waals surface area (Å²) < 4.78 is 2.10. The molecule has 0 aliphatic carbocycles. The first kappa shape index (κ1) is 11.7. The van der Waals surface area contributed by atoms with Gasteiger partial charge in [-0.15, -0.1) is 0 Å². The molecule has 0 radical (unpaired) electrons. The Bertz CT molecular complexity index is 600. The predicted octanol–water partition coefficient (Wildman–Crippen LogP) is 3.13. The highest BCUT2D eigenvalue weighted by atomic mass is 15.1. The van der Waals surface area contributed by atoms with Crippen LogP contribution in [0.2, 0.25) is 0 Å².